The minimum atomic E-state index is -0.152. The van der Waals surface area contributed by atoms with Gasteiger partial charge in [-0.3, -0.25) is 9.78 Å². The van der Waals surface area contributed by atoms with Crippen LogP contribution in [-0.2, 0) is 16.1 Å². The lowest BCUT2D eigenvalue weighted by molar-refractivity contribution is -0.0736. The van der Waals surface area contributed by atoms with Crippen molar-refractivity contribution in [2.75, 3.05) is 13.2 Å². The van der Waals surface area contributed by atoms with Crippen molar-refractivity contribution in [1.29, 1.82) is 0 Å². The fourth-order valence-electron chi connectivity index (χ4n) is 2.67. The zero-order valence-corrected chi connectivity index (χ0v) is 13.8. The van der Waals surface area contributed by atoms with Gasteiger partial charge in [0.1, 0.15) is 6.10 Å². The van der Waals surface area contributed by atoms with Gasteiger partial charge in [-0.05, 0) is 31.0 Å². The third-order valence-electron chi connectivity index (χ3n) is 4.10. The molecular weight excluding hydrogens is 304 g/mol. The van der Waals surface area contributed by atoms with Crippen molar-refractivity contribution in [1.82, 2.24) is 10.3 Å². The van der Waals surface area contributed by atoms with E-state index in [2.05, 4.69) is 10.3 Å². The number of carbonyl (C=O) groups is 1. The molecule has 1 aliphatic rings. The number of aromatic nitrogens is 1. The number of aryl methyl sites for hydroxylation is 1. The summed E-state index contributed by atoms with van der Waals surface area (Å²) in [6.45, 7) is 3.52. The molecule has 1 N–H and O–H groups in total. The maximum absolute atomic E-state index is 12.4. The summed E-state index contributed by atoms with van der Waals surface area (Å²) in [5.74, 6) is -0.122. The number of nitrogens with zero attached hydrogens (tertiary/aromatic N) is 1. The van der Waals surface area contributed by atoms with Gasteiger partial charge in [-0.15, -0.1) is 0 Å². The minimum absolute atomic E-state index is 0.0590. The maximum atomic E-state index is 12.4. The highest BCUT2D eigenvalue weighted by Crippen LogP contribution is 2.15. The number of pyridine rings is 1. The van der Waals surface area contributed by atoms with E-state index in [-0.39, 0.29) is 18.1 Å². The normalized spacial score (nSPS) is 20.5. The first-order valence-electron chi connectivity index (χ1n) is 8.19. The van der Waals surface area contributed by atoms with E-state index < -0.39 is 0 Å². The summed E-state index contributed by atoms with van der Waals surface area (Å²) in [5.41, 5.74) is 2.56. The van der Waals surface area contributed by atoms with Crippen molar-refractivity contribution >= 4 is 5.91 Å². The van der Waals surface area contributed by atoms with Crippen LogP contribution in [0.2, 0.25) is 0 Å². The van der Waals surface area contributed by atoms with Crippen LogP contribution in [0.25, 0.3) is 0 Å². The highest BCUT2D eigenvalue weighted by Gasteiger charge is 2.28. The molecule has 2 atom stereocenters. The number of amides is 1. The predicted octanol–water partition coefficient (Wildman–Crippen LogP) is 2.49. The van der Waals surface area contributed by atoms with Gasteiger partial charge in [0.2, 0.25) is 0 Å². The third-order valence-corrected chi connectivity index (χ3v) is 4.10. The van der Waals surface area contributed by atoms with Crippen LogP contribution in [0.15, 0.2) is 48.7 Å². The van der Waals surface area contributed by atoms with E-state index in [4.69, 9.17) is 9.47 Å². The molecule has 1 fully saturated rings. The number of nitrogens with one attached hydrogen (secondary N) is 1. The minimum Gasteiger partial charge on any atom is -0.379 e. The Kier molecular flexibility index (Phi) is 5.56. The summed E-state index contributed by atoms with van der Waals surface area (Å²) in [7, 11) is 0. The highest BCUT2D eigenvalue weighted by molar-refractivity contribution is 5.94. The molecule has 2 heterocycles. The first kappa shape index (κ1) is 16.6. The molecule has 1 aliphatic heterocycles. The number of hydrogen-bond donors (Lipinski definition) is 1. The topological polar surface area (TPSA) is 60.5 Å². The number of carbonyl (C=O) groups excluding carboxylic acids is 1. The van der Waals surface area contributed by atoms with Gasteiger partial charge in [0.05, 0.1) is 24.8 Å². The Hall–Kier alpha value is -2.24. The second-order valence-electron chi connectivity index (χ2n) is 5.97. The SMILES string of the molecule is Cc1ccc(C(=O)NC2CCOCC2OCc2ccccc2)cn1. The molecular formula is C19H22N2O3. The molecule has 0 spiro atoms. The Morgan fingerprint density at radius 1 is 1.29 bits per heavy atom. The fourth-order valence-corrected chi connectivity index (χ4v) is 2.67. The van der Waals surface area contributed by atoms with Gasteiger partial charge in [-0.1, -0.05) is 30.3 Å². The molecule has 5 heteroatoms. The number of benzene rings is 1. The van der Waals surface area contributed by atoms with Crippen LogP contribution in [0.3, 0.4) is 0 Å². The van der Waals surface area contributed by atoms with Gasteiger partial charge in [0.15, 0.2) is 0 Å². The van der Waals surface area contributed by atoms with Gasteiger partial charge in [0, 0.05) is 18.5 Å². The Morgan fingerprint density at radius 2 is 2.12 bits per heavy atom. The average Bonchev–Trinajstić information content (AvgIpc) is 2.62. The van der Waals surface area contributed by atoms with Crippen LogP contribution < -0.4 is 5.32 Å². The zero-order valence-electron chi connectivity index (χ0n) is 13.8. The van der Waals surface area contributed by atoms with Crippen molar-refractivity contribution in [3.8, 4) is 0 Å². The molecule has 1 aromatic carbocycles. The summed E-state index contributed by atoms with van der Waals surface area (Å²) in [6, 6.07) is 13.6. The van der Waals surface area contributed by atoms with Crippen LogP contribution in [-0.4, -0.2) is 36.3 Å². The summed E-state index contributed by atoms with van der Waals surface area (Å²) in [6.07, 6.45) is 2.19. The van der Waals surface area contributed by atoms with Crippen molar-refractivity contribution in [3.63, 3.8) is 0 Å². The van der Waals surface area contributed by atoms with Crippen molar-refractivity contribution in [3.05, 3.63) is 65.5 Å². The van der Waals surface area contributed by atoms with E-state index >= 15 is 0 Å². The summed E-state index contributed by atoms with van der Waals surface area (Å²) >= 11 is 0. The molecule has 1 amide bonds. The lowest BCUT2D eigenvalue weighted by Gasteiger charge is -2.32. The van der Waals surface area contributed by atoms with Crippen LogP contribution in [0.1, 0.15) is 28.0 Å². The predicted molar refractivity (Wildman–Crippen MR) is 90.7 cm³/mol. The standard InChI is InChI=1S/C19H22N2O3/c1-14-7-8-16(11-20-14)19(22)21-17-9-10-23-13-18(17)24-12-15-5-3-2-4-6-15/h2-8,11,17-18H,9-10,12-13H2,1H3,(H,21,22). The summed E-state index contributed by atoms with van der Waals surface area (Å²) in [5, 5.41) is 3.06. The number of hydrogen-bond acceptors (Lipinski definition) is 4. The van der Waals surface area contributed by atoms with Crippen LogP contribution in [0.4, 0.5) is 0 Å². The Morgan fingerprint density at radius 3 is 2.88 bits per heavy atom. The molecule has 0 saturated carbocycles. The first-order valence-corrected chi connectivity index (χ1v) is 8.19. The monoisotopic (exact) mass is 326 g/mol. The highest BCUT2D eigenvalue weighted by atomic mass is 16.5. The van der Waals surface area contributed by atoms with Crippen LogP contribution >= 0.6 is 0 Å². The Labute approximate surface area is 142 Å². The number of rotatable bonds is 5. The van der Waals surface area contributed by atoms with Crippen molar-refractivity contribution in [2.24, 2.45) is 0 Å². The maximum Gasteiger partial charge on any atom is 0.253 e. The van der Waals surface area contributed by atoms with Gasteiger partial charge in [0.25, 0.3) is 5.91 Å². The van der Waals surface area contributed by atoms with Gasteiger partial charge >= 0.3 is 0 Å². The molecule has 126 valence electrons. The molecule has 0 aliphatic carbocycles. The molecule has 24 heavy (non-hydrogen) atoms. The molecule has 2 aromatic rings. The molecule has 5 nitrogen and oxygen atoms in total. The lowest BCUT2D eigenvalue weighted by Crippen LogP contribution is -2.49. The summed E-state index contributed by atoms with van der Waals surface area (Å²) < 4.78 is 11.5. The smallest absolute Gasteiger partial charge is 0.253 e. The van der Waals surface area contributed by atoms with Gasteiger partial charge in [-0.2, -0.15) is 0 Å². The van der Waals surface area contributed by atoms with E-state index in [1.165, 1.54) is 0 Å². The third kappa shape index (κ3) is 4.40. The van der Waals surface area contributed by atoms with Crippen LogP contribution in [0.5, 0.6) is 0 Å². The molecule has 0 bridgehead atoms. The first-order chi connectivity index (χ1) is 11.7. The molecule has 1 aromatic heterocycles. The van der Waals surface area contributed by atoms with E-state index in [1.54, 1.807) is 12.3 Å². The van der Waals surface area contributed by atoms with Gasteiger partial charge in [-0.25, -0.2) is 0 Å². The quantitative estimate of drug-likeness (QED) is 0.917. The zero-order chi connectivity index (χ0) is 16.8. The van der Waals surface area contributed by atoms with E-state index in [0.29, 0.717) is 25.4 Å². The van der Waals surface area contributed by atoms with E-state index in [0.717, 1.165) is 17.7 Å². The molecule has 0 radical (unpaired) electrons. The van der Waals surface area contributed by atoms with Crippen LogP contribution in [0, 0.1) is 6.92 Å². The molecule has 2 unspecified atom stereocenters. The second kappa shape index (κ2) is 8.04. The van der Waals surface area contributed by atoms with Crippen molar-refractivity contribution in [2.45, 2.75) is 32.1 Å². The largest absolute Gasteiger partial charge is 0.379 e. The summed E-state index contributed by atoms with van der Waals surface area (Å²) in [4.78, 5) is 16.6. The molecule has 1 saturated heterocycles. The second-order valence-corrected chi connectivity index (χ2v) is 5.97. The fraction of sp³-hybridized carbons (Fsp3) is 0.368. The Bertz CT molecular complexity index is 658. The Balaban J connectivity index is 1.59. The van der Waals surface area contributed by atoms with Gasteiger partial charge < -0.3 is 14.8 Å². The number of ether oxygens (including phenoxy) is 2. The average molecular weight is 326 g/mol. The van der Waals surface area contributed by atoms with Crippen molar-refractivity contribution < 1.29 is 14.3 Å². The lowest BCUT2D eigenvalue weighted by atomic mass is 10.1. The molecule has 3 rings (SSSR count). The van der Waals surface area contributed by atoms with E-state index in [1.807, 2.05) is 43.3 Å². The van der Waals surface area contributed by atoms with E-state index in [9.17, 15) is 4.79 Å².